The summed E-state index contributed by atoms with van der Waals surface area (Å²) in [7, 11) is 0. The third kappa shape index (κ3) is 4.52. The third-order valence-electron chi connectivity index (χ3n) is 5.37. The number of primary amides is 2. The minimum Gasteiger partial charge on any atom is -0.396 e. The molecule has 8 heteroatoms. The molecule has 150 valence electrons. The molecule has 1 atom stereocenters. The van der Waals surface area contributed by atoms with Crippen molar-refractivity contribution < 1.29 is 14.7 Å². The van der Waals surface area contributed by atoms with E-state index in [1.165, 1.54) is 16.9 Å². The van der Waals surface area contributed by atoms with E-state index in [1.807, 2.05) is 12.1 Å². The molecule has 0 radical (unpaired) electrons. The van der Waals surface area contributed by atoms with Crippen LogP contribution in [0.25, 0.3) is 10.4 Å². The largest absolute Gasteiger partial charge is 0.396 e. The summed E-state index contributed by atoms with van der Waals surface area (Å²) in [6.45, 7) is 4.45. The second-order valence-electron chi connectivity index (χ2n) is 7.17. The lowest BCUT2D eigenvalue weighted by molar-refractivity contribution is 0.100. The highest BCUT2D eigenvalue weighted by Gasteiger charge is 2.23. The fourth-order valence-corrected chi connectivity index (χ4v) is 4.65. The number of thiophene rings is 1. The van der Waals surface area contributed by atoms with E-state index < -0.39 is 11.9 Å². The molecule has 1 aliphatic rings. The van der Waals surface area contributed by atoms with Gasteiger partial charge in [-0.15, -0.1) is 11.3 Å². The minimum atomic E-state index is -0.731. The zero-order valence-electron chi connectivity index (χ0n) is 15.9. The summed E-state index contributed by atoms with van der Waals surface area (Å²) in [6, 6.07) is 9.44. The van der Waals surface area contributed by atoms with Crippen LogP contribution in [0.15, 0.2) is 30.3 Å². The Morgan fingerprint density at radius 2 is 1.89 bits per heavy atom. The lowest BCUT2D eigenvalue weighted by atomic mass is 9.95. The molecule has 0 spiro atoms. The highest BCUT2D eigenvalue weighted by molar-refractivity contribution is 7.20. The molecule has 6 N–H and O–H groups in total. The maximum Gasteiger partial charge on any atom is 0.317 e. The standard InChI is InChI=1S/C20H26N4O3S/c1-12(24-8-6-13(11-25)7-9-24)14-2-4-15(5-3-14)17-10-16(18(21)26)19(28-17)23-20(22)27/h2-5,10,12-13,25H,6-9,11H2,1H3,(H2,21,26)(H3,22,23,27). The van der Waals surface area contributed by atoms with Crippen LogP contribution in [0.4, 0.5) is 9.80 Å². The van der Waals surface area contributed by atoms with Crippen molar-refractivity contribution in [2.45, 2.75) is 25.8 Å². The number of piperidine rings is 1. The molecule has 2 aromatic rings. The van der Waals surface area contributed by atoms with Gasteiger partial charge in [0, 0.05) is 17.5 Å². The Hall–Kier alpha value is -2.42. The molecule has 0 aliphatic carbocycles. The number of anilines is 1. The van der Waals surface area contributed by atoms with E-state index in [0.29, 0.717) is 17.0 Å². The third-order valence-corrected chi connectivity index (χ3v) is 6.47. The first-order valence-electron chi connectivity index (χ1n) is 9.34. The highest BCUT2D eigenvalue weighted by atomic mass is 32.1. The first-order valence-corrected chi connectivity index (χ1v) is 10.2. The van der Waals surface area contributed by atoms with Gasteiger partial charge in [0.15, 0.2) is 0 Å². The van der Waals surface area contributed by atoms with Gasteiger partial charge in [0.25, 0.3) is 5.91 Å². The lowest BCUT2D eigenvalue weighted by Gasteiger charge is -2.35. The Bertz CT molecular complexity index is 842. The second-order valence-corrected chi connectivity index (χ2v) is 8.22. The molecule has 2 heterocycles. The quantitative estimate of drug-likeness (QED) is 0.593. The summed E-state index contributed by atoms with van der Waals surface area (Å²) in [6.07, 6.45) is 2.05. The van der Waals surface area contributed by atoms with E-state index in [2.05, 4.69) is 29.3 Å². The van der Waals surface area contributed by atoms with Gasteiger partial charge < -0.3 is 16.6 Å². The highest BCUT2D eigenvalue weighted by Crippen LogP contribution is 2.36. The summed E-state index contributed by atoms with van der Waals surface area (Å²) in [4.78, 5) is 26.0. The van der Waals surface area contributed by atoms with Crippen LogP contribution < -0.4 is 16.8 Å². The number of urea groups is 1. The second kappa shape index (κ2) is 8.72. The average Bonchev–Trinajstić information content (AvgIpc) is 3.11. The van der Waals surface area contributed by atoms with Crippen LogP contribution >= 0.6 is 11.3 Å². The summed E-state index contributed by atoms with van der Waals surface area (Å²) < 4.78 is 0. The van der Waals surface area contributed by atoms with Gasteiger partial charge in [0.05, 0.1) is 5.56 Å². The van der Waals surface area contributed by atoms with Crippen molar-refractivity contribution in [3.63, 3.8) is 0 Å². The zero-order valence-corrected chi connectivity index (χ0v) is 16.7. The minimum absolute atomic E-state index is 0.253. The van der Waals surface area contributed by atoms with Crippen molar-refractivity contribution in [3.8, 4) is 10.4 Å². The lowest BCUT2D eigenvalue weighted by Crippen LogP contribution is -2.36. The number of benzene rings is 1. The normalized spacial score (nSPS) is 16.6. The molecule has 1 aromatic heterocycles. The van der Waals surface area contributed by atoms with Gasteiger partial charge in [-0.1, -0.05) is 24.3 Å². The fraction of sp³-hybridized carbons (Fsp3) is 0.400. The Kier molecular flexibility index (Phi) is 6.33. The van der Waals surface area contributed by atoms with Crippen LogP contribution in [-0.2, 0) is 0 Å². The molecule has 1 unspecified atom stereocenters. The first-order chi connectivity index (χ1) is 13.4. The smallest absolute Gasteiger partial charge is 0.317 e. The van der Waals surface area contributed by atoms with Crippen LogP contribution in [0.3, 0.4) is 0 Å². The van der Waals surface area contributed by atoms with Crippen molar-refractivity contribution in [1.29, 1.82) is 0 Å². The summed E-state index contributed by atoms with van der Waals surface area (Å²) >= 11 is 1.27. The Morgan fingerprint density at radius 3 is 2.43 bits per heavy atom. The molecule has 1 fully saturated rings. The molecule has 1 aromatic carbocycles. The van der Waals surface area contributed by atoms with Crippen molar-refractivity contribution in [1.82, 2.24) is 4.90 Å². The van der Waals surface area contributed by atoms with E-state index in [9.17, 15) is 14.7 Å². The molecular weight excluding hydrogens is 376 g/mol. The number of amides is 3. The van der Waals surface area contributed by atoms with Crippen molar-refractivity contribution in [2.24, 2.45) is 17.4 Å². The number of carbonyl (C=O) groups excluding carboxylic acids is 2. The van der Waals surface area contributed by atoms with Crippen LogP contribution in [0.5, 0.6) is 0 Å². The number of hydrogen-bond donors (Lipinski definition) is 4. The van der Waals surface area contributed by atoms with E-state index in [1.54, 1.807) is 6.07 Å². The van der Waals surface area contributed by atoms with Crippen LogP contribution in [-0.4, -0.2) is 41.6 Å². The number of nitrogens with zero attached hydrogens (tertiary/aromatic N) is 1. The predicted molar refractivity (Wildman–Crippen MR) is 111 cm³/mol. The number of aliphatic hydroxyl groups excluding tert-OH is 1. The molecule has 28 heavy (non-hydrogen) atoms. The van der Waals surface area contributed by atoms with E-state index >= 15 is 0 Å². The van der Waals surface area contributed by atoms with Crippen LogP contribution in [0, 0.1) is 5.92 Å². The Morgan fingerprint density at radius 1 is 1.25 bits per heavy atom. The van der Waals surface area contributed by atoms with Crippen LogP contribution in [0.1, 0.15) is 41.7 Å². The maximum atomic E-state index is 11.6. The van der Waals surface area contributed by atoms with Crippen molar-refractivity contribution >= 4 is 28.3 Å². The molecule has 7 nitrogen and oxygen atoms in total. The predicted octanol–water partition coefficient (Wildman–Crippen LogP) is 2.77. The number of likely N-dealkylation sites (tertiary alicyclic amines) is 1. The Labute approximate surface area is 168 Å². The molecule has 3 amide bonds. The molecule has 1 aliphatic heterocycles. The van der Waals surface area contributed by atoms with E-state index in [4.69, 9.17) is 11.5 Å². The van der Waals surface area contributed by atoms with Crippen LogP contribution in [0.2, 0.25) is 0 Å². The van der Waals surface area contributed by atoms with Gasteiger partial charge in [-0.05, 0) is 56.0 Å². The molecule has 3 rings (SSSR count). The van der Waals surface area contributed by atoms with E-state index in [0.717, 1.165) is 36.4 Å². The average molecular weight is 403 g/mol. The number of nitrogens with one attached hydrogen (secondary N) is 1. The van der Waals surface area contributed by atoms with Gasteiger partial charge in [0.2, 0.25) is 0 Å². The molecule has 0 saturated carbocycles. The number of rotatable bonds is 6. The first kappa shape index (κ1) is 20.3. The van der Waals surface area contributed by atoms with Gasteiger partial charge in [-0.2, -0.15) is 0 Å². The fourth-order valence-electron chi connectivity index (χ4n) is 3.58. The van der Waals surface area contributed by atoms with Gasteiger partial charge >= 0.3 is 6.03 Å². The molecule has 0 bridgehead atoms. The van der Waals surface area contributed by atoms with Gasteiger partial charge in [-0.3, -0.25) is 15.0 Å². The molecule has 1 saturated heterocycles. The Balaban J connectivity index is 1.75. The maximum absolute atomic E-state index is 11.6. The van der Waals surface area contributed by atoms with Gasteiger partial charge in [0.1, 0.15) is 5.00 Å². The SMILES string of the molecule is CC(c1ccc(-c2cc(C(N)=O)c(NC(N)=O)s2)cc1)N1CCC(CO)CC1. The number of carbonyl (C=O) groups is 2. The van der Waals surface area contributed by atoms with Gasteiger partial charge in [-0.25, -0.2) is 4.79 Å². The van der Waals surface area contributed by atoms with E-state index in [-0.39, 0.29) is 12.2 Å². The number of hydrogen-bond acceptors (Lipinski definition) is 5. The number of aliphatic hydroxyl groups is 1. The van der Waals surface area contributed by atoms with Crippen molar-refractivity contribution in [3.05, 3.63) is 41.5 Å². The van der Waals surface area contributed by atoms with Crippen molar-refractivity contribution in [2.75, 3.05) is 25.0 Å². The number of nitrogens with two attached hydrogens (primary N) is 2. The molecular formula is C20H26N4O3S. The summed E-state index contributed by atoms with van der Waals surface area (Å²) in [5, 5.41) is 12.1. The zero-order chi connectivity index (χ0) is 20.3. The monoisotopic (exact) mass is 402 g/mol. The topological polar surface area (TPSA) is 122 Å². The summed E-state index contributed by atoms with van der Waals surface area (Å²) in [5.41, 5.74) is 13.0. The summed E-state index contributed by atoms with van der Waals surface area (Å²) in [5.74, 6) is -0.185.